The molecule has 2 fully saturated rings. The monoisotopic (exact) mass is 288 g/mol. The highest BCUT2D eigenvalue weighted by Gasteiger charge is 2.28. The summed E-state index contributed by atoms with van der Waals surface area (Å²) >= 11 is 0. The van der Waals surface area contributed by atoms with Gasteiger partial charge in [-0.1, -0.05) is 0 Å². The molecule has 0 bridgehead atoms. The molecule has 1 aliphatic carbocycles. The Morgan fingerprint density at radius 2 is 2.10 bits per heavy atom. The summed E-state index contributed by atoms with van der Waals surface area (Å²) in [5, 5.41) is 7.11. The Morgan fingerprint density at radius 1 is 1.29 bits per heavy atom. The van der Waals surface area contributed by atoms with Gasteiger partial charge in [0.05, 0.1) is 12.7 Å². The van der Waals surface area contributed by atoms with Gasteiger partial charge >= 0.3 is 0 Å². The molecule has 1 saturated carbocycles. The van der Waals surface area contributed by atoms with Gasteiger partial charge in [-0.2, -0.15) is 4.98 Å². The molecule has 7 heteroatoms. The van der Waals surface area contributed by atoms with Crippen molar-refractivity contribution in [3.05, 3.63) is 23.7 Å². The minimum Gasteiger partial charge on any atom is -0.444 e. The number of nitrogens with zero attached hydrogens (tertiary/aromatic N) is 5. The first kappa shape index (κ1) is 12.8. The highest BCUT2D eigenvalue weighted by molar-refractivity contribution is 5.29. The van der Waals surface area contributed by atoms with E-state index in [0.29, 0.717) is 5.92 Å². The molecule has 0 spiro atoms. The molecule has 1 saturated heterocycles. The molecular weight excluding hydrogens is 268 g/mol. The van der Waals surface area contributed by atoms with Gasteiger partial charge in [-0.15, -0.1) is 5.10 Å². The van der Waals surface area contributed by atoms with Crippen LogP contribution in [-0.4, -0.2) is 51.2 Å². The van der Waals surface area contributed by atoms with Gasteiger partial charge in [-0.05, 0) is 19.8 Å². The lowest BCUT2D eigenvalue weighted by atomic mass is 10.3. The molecule has 0 aromatic carbocycles. The quantitative estimate of drug-likeness (QED) is 0.914. The lowest BCUT2D eigenvalue weighted by Crippen LogP contribution is -2.46. The molecule has 2 aliphatic rings. The Bertz CT molecular complexity index is 609. The zero-order chi connectivity index (χ0) is 14.2. The smallest absolute Gasteiger partial charge is 0.244 e. The highest BCUT2D eigenvalue weighted by Crippen LogP contribution is 2.40. The molecule has 4 rings (SSSR count). The minimum absolute atomic E-state index is 0.636. The van der Waals surface area contributed by atoms with Crippen molar-refractivity contribution < 1.29 is 4.42 Å². The second-order valence-corrected chi connectivity index (χ2v) is 5.91. The molecule has 112 valence electrons. The Hall–Kier alpha value is -1.89. The summed E-state index contributed by atoms with van der Waals surface area (Å²) in [7, 11) is 0. The molecule has 2 aromatic heterocycles. The molecule has 0 unspecified atom stereocenters. The fraction of sp³-hybridized carbons (Fsp3) is 0.643. The van der Waals surface area contributed by atoms with Gasteiger partial charge in [0.15, 0.2) is 0 Å². The van der Waals surface area contributed by atoms with Crippen molar-refractivity contribution in [2.45, 2.75) is 32.2 Å². The number of piperazine rings is 1. The molecule has 3 heterocycles. The van der Waals surface area contributed by atoms with Crippen LogP contribution < -0.4 is 4.90 Å². The molecule has 1 N–H and O–H groups in total. The fourth-order valence-electron chi connectivity index (χ4n) is 2.72. The van der Waals surface area contributed by atoms with Crippen LogP contribution in [0.1, 0.15) is 36.2 Å². The summed E-state index contributed by atoms with van der Waals surface area (Å²) in [6, 6.07) is 0. The largest absolute Gasteiger partial charge is 0.444 e. The third kappa shape index (κ3) is 2.78. The molecule has 0 amide bonds. The van der Waals surface area contributed by atoms with Crippen LogP contribution in [0.5, 0.6) is 0 Å². The molecule has 2 aromatic rings. The average Bonchev–Trinajstić information content (AvgIpc) is 3.09. The topological polar surface area (TPSA) is 74.1 Å². The predicted molar refractivity (Wildman–Crippen MR) is 77.1 cm³/mol. The number of aromatic nitrogens is 4. The zero-order valence-corrected chi connectivity index (χ0v) is 12.2. The third-order valence-corrected chi connectivity index (χ3v) is 4.15. The summed E-state index contributed by atoms with van der Waals surface area (Å²) in [6.07, 6.45) is 4.41. The number of hydrogen-bond donors (Lipinski definition) is 1. The van der Waals surface area contributed by atoms with E-state index in [0.717, 1.165) is 56.1 Å². The van der Waals surface area contributed by atoms with Crippen LogP contribution >= 0.6 is 0 Å². The van der Waals surface area contributed by atoms with Crippen LogP contribution in [0.25, 0.3) is 0 Å². The summed E-state index contributed by atoms with van der Waals surface area (Å²) < 4.78 is 5.83. The number of H-pyrrole nitrogens is 1. The van der Waals surface area contributed by atoms with E-state index < -0.39 is 0 Å². The Balaban J connectivity index is 1.32. The summed E-state index contributed by atoms with van der Waals surface area (Å²) in [6.45, 7) is 6.56. The molecule has 7 nitrogen and oxygen atoms in total. The van der Waals surface area contributed by atoms with Gasteiger partial charge in [0, 0.05) is 32.1 Å². The van der Waals surface area contributed by atoms with Gasteiger partial charge < -0.3 is 9.32 Å². The molecule has 0 radical (unpaired) electrons. The van der Waals surface area contributed by atoms with Crippen LogP contribution in [0.15, 0.2) is 10.6 Å². The second kappa shape index (κ2) is 5.14. The van der Waals surface area contributed by atoms with E-state index in [1.165, 1.54) is 12.8 Å². The van der Waals surface area contributed by atoms with E-state index in [2.05, 4.69) is 30.0 Å². The number of aryl methyl sites for hydroxylation is 1. The Labute approximate surface area is 123 Å². The van der Waals surface area contributed by atoms with E-state index in [1.807, 2.05) is 13.1 Å². The van der Waals surface area contributed by atoms with Crippen LogP contribution in [-0.2, 0) is 6.54 Å². The minimum atomic E-state index is 0.636. The maximum Gasteiger partial charge on any atom is 0.244 e. The number of anilines is 1. The van der Waals surface area contributed by atoms with Crippen molar-refractivity contribution >= 4 is 5.95 Å². The van der Waals surface area contributed by atoms with Crippen molar-refractivity contribution in [3.63, 3.8) is 0 Å². The van der Waals surface area contributed by atoms with Crippen molar-refractivity contribution in [2.24, 2.45) is 0 Å². The van der Waals surface area contributed by atoms with Gasteiger partial charge in [-0.25, -0.2) is 4.98 Å². The number of nitrogens with one attached hydrogen (secondary N) is 1. The number of aromatic amines is 1. The zero-order valence-electron chi connectivity index (χ0n) is 12.2. The SMILES string of the molecule is Cc1nc(N2CCN(Cc3ncc(C4CC4)o3)CC2)n[nH]1. The van der Waals surface area contributed by atoms with E-state index in [9.17, 15) is 0 Å². The first-order valence-electron chi connectivity index (χ1n) is 7.59. The normalized spacial score (nSPS) is 20.1. The molecule has 1 aliphatic heterocycles. The Morgan fingerprint density at radius 3 is 2.76 bits per heavy atom. The van der Waals surface area contributed by atoms with Crippen molar-refractivity contribution in [2.75, 3.05) is 31.1 Å². The summed E-state index contributed by atoms with van der Waals surface area (Å²) in [5.74, 6) is 4.22. The summed E-state index contributed by atoms with van der Waals surface area (Å²) in [4.78, 5) is 13.4. The van der Waals surface area contributed by atoms with E-state index in [1.54, 1.807) is 0 Å². The fourth-order valence-corrected chi connectivity index (χ4v) is 2.72. The van der Waals surface area contributed by atoms with Crippen LogP contribution in [0.3, 0.4) is 0 Å². The number of hydrogen-bond acceptors (Lipinski definition) is 6. The van der Waals surface area contributed by atoms with Gasteiger partial charge in [0.1, 0.15) is 11.6 Å². The van der Waals surface area contributed by atoms with E-state index in [4.69, 9.17) is 4.42 Å². The first-order valence-corrected chi connectivity index (χ1v) is 7.59. The van der Waals surface area contributed by atoms with E-state index in [-0.39, 0.29) is 0 Å². The number of rotatable bonds is 4. The standard InChI is InChI=1S/C14H20N6O/c1-10-16-14(18-17-10)20-6-4-19(5-7-20)9-13-15-8-12(21-13)11-2-3-11/h8,11H,2-7,9H2,1H3,(H,16,17,18). The first-order chi connectivity index (χ1) is 10.3. The maximum atomic E-state index is 5.83. The maximum absolute atomic E-state index is 5.83. The van der Waals surface area contributed by atoms with Gasteiger partial charge in [-0.3, -0.25) is 10.00 Å². The van der Waals surface area contributed by atoms with Crippen LogP contribution in [0.2, 0.25) is 0 Å². The molecular formula is C14H20N6O. The van der Waals surface area contributed by atoms with Crippen molar-refractivity contribution in [3.8, 4) is 0 Å². The number of oxazole rings is 1. The lowest BCUT2D eigenvalue weighted by Gasteiger charge is -2.33. The predicted octanol–water partition coefficient (Wildman–Crippen LogP) is 1.30. The third-order valence-electron chi connectivity index (χ3n) is 4.15. The average molecular weight is 288 g/mol. The second-order valence-electron chi connectivity index (χ2n) is 5.91. The lowest BCUT2D eigenvalue weighted by molar-refractivity contribution is 0.223. The van der Waals surface area contributed by atoms with Crippen LogP contribution in [0, 0.1) is 6.92 Å². The van der Waals surface area contributed by atoms with E-state index >= 15 is 0 Å². The highest BCUT2D eigenvalue weighted by atomic mass is 16.4. The Kier molecular flexibility index (Phi) is 3.14. The van der Waals surface area contributed by atoms with Crippen molar-refractivity contribution in [1.29, 1.82) is 0 Å². The molecule has 21 heavy (non-hydrogen) atoms. The van der Waals surface area contributed by atoms with Crippen LogP contribution in [0.4, 0.5) is 5.95 Å². The van der Waals surface area contributed by atoms with Crippen molar-refractivity contribution in [1.82, 2.24) is 25.1 Å². The van der Waals surface area contributed by atoms with Gasteiger partial charge in [0.2, 0.25) is 11.8 Å². The summed E-state index contributed by atoms with van der Waals surface area (Å²) in [5.41, 5.74) is 0. The van der Waals surface area contributed by atoms with Gasteiger partial charge in [0.25, 0.3) is 0 Å². The molecule has 0 atom stereocenters.